The Bertz CT molecular complexity index is 1280. The number of para-hydroxylation sites is 1. The van der Waals surface area contributed by atoms with E-state index in [1.165, 1.54) is 30.3 Å². The van der Waals surface area contributed by atoms with Gasteiger partial charge < -0.3 is 14.2 Å². The van der Waals surface area contributed by atoms with Gasteiger partial charge in [0.2, 0.25) is 5.89 Å². The molecule has 0 spiro atoms. The fraction of sp³-hybridized carbons (Fsp3) is 0.385. The maximum Gasteiger partial charge on any atom is 0.416 e. The molecule has 0 aliphatic carbocycles. The number of hydrogen-bond acceptors (Lipinski definition) is 7. The van der Waals surface area contributed by atoms with Gasteiger partial charge in [0.25, 0.3) is 11.6 Å². The lowest BCUT2D eigenvalue weighted by Crippen LogP contribution is -2.49. The summed E-state index contributed by atoms with van der Waals surface area (Å²) in [5.41, 5.74) is -0.958. The van der Waals surface area contributed by atoms with Gasteiger partial charge in [-0.15, -0.1) is 0 Å². The average Bonchev–Trinajstić information content (AvgIpc) is 3.33. The predicted molar refractivity (Wildman–Crippen MR) is 135 cm³/mol. The number of nitro benzene ring substituents is 1. The molecule has 38 heavy (non-hydrogen) atoms. The number of hydrogen-bond donors (Lipinski definition) is 0. The highest BCUT2D eigenvalue weighted by atomic mass is 19.4. The van der Waals surface area contributed by atoms with E-state index in [9.17, 15) is 28.1 Å². The second-order valence-corrected chi connectivity index (χ2v) is 9.34. The van der Waals surface area contributed by atoms with E-state index in [4.69, 9.17) is 4.42 Å². The SMILES string of the molecule is CN(C)CCCN1CCN(C(=O)c2nc(-c3ccc(C(F)(F)F)cc3)oc2-c2ccccc2[N+](=O)[O-])CC1. The molecule has 9 nitrogen and oxygen atoms in total. The number of oxazole rings is 1. The summed E-state index contributed by atoms with van der Waals surface area (Å²) in [4.78, 5) is 35.0. The van der Waals surface area contributed by atoms with Gasteiger partial charge in [0.15, 0.2) is 11.5 Å². The highest BCUT2D eigenvalue weighted by molar-refractivity contribution is 5.99. The Hall–Kier alpha value is -3.77. The molecule has 1 aliphatic heterocycles. The van der Waals surface area contributed by atoms with Crippen molar-refractivity contribution in [2.45, 2.75) is 12.6 Å². The molecule has 0 atom stereocenters. The number of piperazine rings is 1. The Morgan fingerprint density at radius 2 is 1.74 bits per heavy atom. The molecule has 4 rings (SSSR count). The minimum Gasteiger partial charge on any atom is -0.435 e. The van der Waals surface area contributed by atoms with Crippen molar-refractivity contribution >= 4 is 11.6 Å². The number of rotatable bonds is 8. The quantitative estimate of drug-likeness (QED) is 0.309. The molecule has 0 unspecified atom stereocenters. The molecule has 1 fully saturated rings. The number of halogens is 3. The molecule has 1 aromatic heterocycles. The number of amides is 1. The molecule has 1 aliphatic rings. The van der Waals surface area contributed by atoms with Crippen molar-refractivity contribution in [1.82, 2.24) is 19.7 Å². The topological polar surface area (TPSA) is 96.0 Å². The summed E-state index contributed by atoms with van der Waals surface area (Å²) in [7, 11) is 4.03. The first-order valence-electron chi connectivity index (χ1n) is 12.1. The highest BCUT2D eigenvalue weighted by Gasteiger charge is 2.33. The number of nitro groups is 1. The third-order valence-corrected chi connectivity index (χ3v) is 6.37. The zero-order valence-corrected chi connectivity index (χ0v) is 21.1. The van der Waals surface area contributed by atoms with Crippen LogP contribution < -0.4 is 0 Å². The Morgan fingerprint density at radius 1 is 1.08 bits per heavy atom. The van der Waals surface area contributed by atoms with E-state index in [0.29, 0.717) is 26.2 Å². The molecule has 12 heteroatoms. The molecule has 0 saturated carbocycles. The minimum atomic E-state index is -4.51. The lowest BCUT2D eigenvalue weighted by Gasteiger charge is -2.34. The van der Waals surface area contributed by atoms with Crippen LogP contribution in [0.4, 0.5) is 18.9 Å². The zero-order valence-electron chi connectivity index (χ0n) is 21.1. The van der Waals surface area contributed by atoms with Gasteiger partial charge in [-0.2, -0.15) is 13.2 Å². The second kappa shape index (κ2) is 11.3. The van der Waals surface area contributed by atoms with E-state index in [2.05, 4.69) is 14.8 Å². The van der Waals surface area contributed by atoms with E-state index in [1.54, 1.807) is 11.0 Å². The van der Waals surface area contributed by atoms with Gasteiger partial charge in [-0.3, -0.25) is 19.8 Å². The smallest absolute Gasteiger partial charge is 0.416 e. The summed E-state index contributed by atoms with van der Waals surface area (Å²) < 4.78 is 44.9. The summed E-state index contributed by atoms with van der Waals surface area (Å²) in [6, 6.07) is 9.97. The van der Waals surface area contributed by atoms with Crippen molar-refractivity contribution in [3.8, 4) is 22.8 Å². The number of aromatic nitrogens is 1. The van der Waals surface area contributed by atoms with Gasteiger partial charge in [0.05, 0.1) is 16.1 Å². The number of nitrogens with zero attached hydrogens (tertiary/aromatic N) is 5. The van der Waals surface area contributed by atoms with Crippen LogP contribution in [0.5, 0.6) is 0 Å². The lowest BCUT2D eigenvalue weighted by atomic mass is 10.1. The molecular weight excluding hydrogens is 503 g/mol. The Labute approximate surface area is 217 Å². The van der Waals surface area contributed by atoms with Crippen LogP contribution in [-0.4, -0.2) is 83.9 Å². The third kappa shape index (κ3) is 6.20. The molecule has 3 aromatic rings. The van der Waals surface area contributed by atoms with Crippen LogP contribution in [0.2, 0.25) is 0 Å². The number of carbonyl (C=O) groups excluding carboxylic acids is 1. The molecule has 1 amide bonds. The number of benzene rings is 2. The van der Waals surface area contributed by atoms with Gasteiger partial charge in [-0.25, -0.2) is 4.98 Å². The monoisotopic (exact) mass is 531 g/mol. The van der Waals surface area contributed by atoms with E-state index >= 15 is 0 Å². The molecule has 0 N–H and O–H groups in total. The summed E-state index contributed by atoms with van der Waals surface area (Å²) in [5, 5.41) is 11.7. The standard InChI is InChI=1S/C26H28F3N5O4/c1-31(2)12-5-13-32-14-16-33(17-15-32)25(35)22-23(20-6-3-4-7-21(20)34(36)37)38-24(30-22)18-8-10-19(11-9-18)26(27,28)29/h3-4,6-11H,5,12-17H2,1-2H3. The Kier molecular flexibility index (Phi) is 8.12. The largest absolute Gasteiger partial charge is 0.435 e. The van der Waals surface area contributed by atoms with Crippen LogP contribution in [0.1, 0.15) is 22.5 Å². The van der Waals surface area contributed by atoms with Crippen LogP contribution in [-0.2, 0) is 6.18 Å². The molecule has 0 radical (unpaired) electrons. The van der Waals surface area contributed by atoms with Crippen molar-refractivity contribution in [2.24, 2.45) is 0 Å². The van der Waals surface area contributed by atoms with Gasteiger partial charge in [-0.1, -0.05) is 12.1 Å². The third-order valence-electron chi connectivity index (χ3n) is 6.37. The molecule has 2 aromatic carbocycles. The van der Waals surface area contributed by atoms with Crippen molar-refractivity contribution < 1.29 is 27.3 Å². The first-order valence-corrected chi connectivity index (χ1v) is 12.1. The number of alkyl halides is 3. The van der Waals surface area contributed by atoms with Crippen molar-refractivity contribution in [3.05, 3.63) is 69.9 Å². The highest BCUT2D eigenvalue weighted by Crippen LogP contribution is 2.37. The second-order valence-electron chi connectivity index (χ2n) is 9.34. The van der Waals surface area contributed by atoms with Crippen LogP contribution in [0.15, 0.2) is 52.9 Å². The summed E-state index contributed by atoms with van der Waals surface area (Å²) >= 11 is 0. The summed E-state index contributed by atoms with van der Waals surface area (Å²) in [6.07, 6.45) is -3.51. The normalized spacial score (nSPS) is 14.7. The van der Waals surface area contributed by atoms with E-state index in [1.807, 2.05) is 14.1 Å². The molecule has 2 heterocycles. The fourth-order valence-corrected chi connectivity index (χ4v) is 4.33. The maximum atomic E-state index is 13.6. The molecule has 1 saturated heterocycles. The minimum absolute atomic E-state index is 0.0637. The zero-order chi connectivity index (χ0) is 27.4. The first kappa shape index (κ1) is 27.3. The van der Waals surface area contributed by atoms with Gasteiger partial charge >= 0.3 is 6.18 Å². The average molecular weight is 532 g/mol. The molecule has 0 bridgehead atoms. The van der Waals surface area contributed by atoms with Crippen LogP contribution >= 0.6 is 0 Å². The Morgan fingerprint density at radius 3 is 2.34 bits per heavy atom. The van der Waals surface area contributed by atoms with E-state index < -0.39 is 22.6 Å². The van der Waals surface area contributed by atoms with Crippen molar-refractivity contribution in [3.63, 3.8) is 0 Å². The summed E-state index contributed by atoms with van der Waals surface area (Å²) in [6.45, 7) is 4.10. The van der Waals surface area contributed by atoms with Crippen LogP contribution in [0.25, 0.3) is 22.8 Å². The molecular formula is C26H28F3N5O4. The van der Waals surface area contributed by atoms with Gasteiger partial charge in [-0.05, 0) is 63.9 Å². The number of carbonyl (C=O) groups is 1. The lowest BCUT2D eigenvalue weighted by molar-refractivity contribution is -0.384. The van der Waals surface area contributed by atoms with E-state index in [0.717, 1.165) is 31.6 Å². The van der Waals surface area contributed by atoms with Gasteiger partial charge in [0, 0.05) is 37.8 Å². The first-order chi connectivity index (χ1) is 18.0. The van der Waals surface area contributed by atoms with E-state index in [-0.39, 0.29) is 34.2 Å². The Balaban J connectivity index is 1.64. The summed E-state index contributed by atoms with van der Waals surface area (Å²) in [5.74, 6) is -0.642. The van der Waals surface area contributed by atoms with Gasteiger partial charge in [0.1, 0.15) is 0 Å². The predicted octanol–water partition coefficient (Wildman–Crippen LogP) is 4.65. The van der Waals surface area contributed by atoms with Crippen molar-refractivity contribution in [2.75, 3.05) is 53.4 Å². The maximum absolute atomic E-state index is 13.6. The fourth-order valence-electron chi connectivity index (χ4n) is 4.33. The molecule has 202 valence electrons. The van der Waals surface area contributed by atoms with Crippen LogP contribution in [0.3, 0.4) is 0 Å². The van der Waals surface area contributed by atoms with Crippen molar-refractivity contribution in [1.29, 1.82) is 0 Å². The van der Waals surface area contributed by atoms with Crippen LogP contribution in [0, 0.1) is 10.1 Å².